The van der Waals surface area contributed by atoms with Crippen molar-refractivity contribution in [1.82, 2.24) is 0 Å². The van der Waals surface area contributed by atoms with Gasteiger partial charge in [0.15, 0.2) is 0 Å². The van der Waals surface area contributed by atoms with Gasteiger partial charge in [-0.15, -0.1) is 6.58 Å². The molecule has 0 saturated carbocycles. The zero-order valence-corrected chi connectivity index (χ0v) is 7.64. The Balaban J connectivity index is 0. The molecule has 1 atom stereocenters. The van der Waals surface area contributed by atoms with Gasteiger partial charge in [0.05, 0.1) is 0 Å². The van der Waals surface area contributed by atoms with Crippen LogP contribution >= 0.6 is 0 Å². The van der Waals surface area contributed by atoms with E-state index in [2.05, 4.69) is 13.5 Å². The molecule has 0 radical (unpaired) electrons. The maximum Gasteiger partial charge on any atom is 0.430 e. The van der Waals surface area contributed by atoms with E-state index in [0.29, 0.717) is 0 Å². The molecule has 84 valence electrons. The van der Waals surface area contributed by atoms with Gasteiger partial charge >= 0.3 is 12.1 Å². The molecule has 0 heterocycles. The van der Waals surface area contributed by atoms with Gasteiger partial charge in [0.25, 0.3) is 6.17 Å². The summed E-state index contributed by atoms with van der Waals surface area (Å²) in [7, 11) is 0. The lowest BCUT2D eigenvalue weighted by atomic mass is 10.3. The highest BCUT2D eigenvalue weighted by molar-refractivity contribution is 5.73. The summed E-state index contributed by atoms with van der Waals surface area (Å²) in [6, 6.07) is 0. The lowest BCUT2D eigenvalue weighted by molar-refractivity contribution is -0.197. The maximum absolute atomic E-state index is 11.3. The number of hydrogen-bond donors (Lipinski definition) is 1. The molecule has 0 aliphatic rings. The highest BCUT2D eigenvalue weighted by Crippen LogP contribution is 2.22. The third-order valence-corrected chi connectivity index (χ3v) is 0.997. The van der Waals surface area contributed by atoms with Crippen LogP contribution in [0.15, 0.2) is 12.7 Å². The monoisotopic (exact) mass is 216 g/mol. The number of aliphatic carboxylic acids is 1. The number of carboxylic acids is 1. The predicted octanol–water partition coefficient (Wildman–Crippen LogP) is 2.94. The fourth-order valence-corrected chi connectivity index (χ4v) is 0.344. The first-order chi connectivity index (χ1) is 6.27. The van der Waals surface area contributed by atoms with Gasteiger partial charge in [0, 0.05) is 0 Å². The SMILES string of the molecule is C=CCCC.O=C(O)C(F)C(F)(F)F. The molecule has 2 nitrogen and oxygen atoms in total. The summed E-state index contributed by atoms with van der Waals surface area (Å²) in [5.41, 5.74) is 0. The first-order valence-corrected chi connectivity index (χ1v) is 3.81. The van der Waals surface area contributed by atoms with Gasteiger partial charge < -0.3 is 5.11 Å². The van der Waals surface area contributed by atoms with Crippen LogP contribution in [-0.2, 0) is 4.79 Å². The lowest BCUT2D eigenvalue weighted by Crippen LogP contribution is -2.32. The fraction of sp³-hybridized carbons (Fsp3) is 0.625. The normalized spacial score (nSPS) is 12.4. The Morgan fingerprint density at radius 2 is 2.00 bits per heavy atom. The molecule has 1 N–H and O–H groups in total. The van der Waals surface area contributed by atoms with Crippen LogP contribution in [0.2, 0.25) is 0 Å². The summed E-state index contributed by atoms with van der Waals surface area (Å²) in [6.45, 7) is 5.69. The molecule has 0 aliphatic carbocycles. The number of unbranched alkanes of at least 4 members (excludes halogenated alkanes) is 1. The van der Waals surface area contributed by atoms with E-state index in [1.165, 1.54) is 6.42 Å². The molecule has 0 saturated heterocycles. The van der Waals surface area contributed by atoms with Crippen molar-refractivity contribution < 1.29 is 27.5 Å². The molecule has 0 aliphatic heterocycles. The molecule has 0 rings (SSSR count). The highest BCUT2D eigenvalue weighted by atomic mass is 19.4. The van der Waals surface area contributed by atoms with Crippen molar-refractivity contribution in [3.05, 3.63) is 12.7 Å². The van der Waals surface area contributed by atoms with E-state index in [1.807, 2.05) is 6.08 Å². The van der Waals surface area contributed by atoms with Gasteiger partial charge in [-0.1, -0.05) is 19.4 Å². The number of halogens is 4. The minimum absolute atomic E-state index is 1.15. The Hall–Kier alpha value is -1.07. The van der Waals surface area contributed by atoms with Crippen molar-refractivity contribution in [1.29, 1.82) is 0 Å². The molecule has 0 amide bonds. The van der Waals surface area contributed by atoms with Crippen LogP contribution in [-0.4, -0.2) is 23.4 Å². The Morgan fingerprint density at radius 1 is 1.57 bits per heavy atom. The zero-order chi connectivity index (χ0) is 11.8. The maximum atomic E-state index is 11.3. The summed E-state index contributed by atoms with van der Waals surface area (Å²) in [5, 5.41) is 7.42. The second-order valence-electron chi connectivity index (χ2n) is 2.32. The van der Waals surface area contributed by atoms with Gasteiger partial charge in [-0.05, 0) is 6.42 Å². The van der Waals surface area contributed by atoms with E-state index in [9.17, 15) is 22.4 Å². The van der Waals surface area contributed by atoms with E-state index in [-0.39, 0.29) is 0 Å². The van der Waals surface area contributed by atoms with Crippen LogP contribution in [0.25, 0.3) is 0 Å². The van der Waals surface area contributed by atoms with E-state index in [4.69, 9.17) is 5.11 Å². The van der Waals surface area contributed by atoms with E-state index < -0.39 is 18.3 Å². The predicted molar refractivity (Wildman–Crippen MR) is 43.7 cm³/mol. The number of carbonyl (C=O) groups is 1. The first-order valence-electron chi connectivity index (χ1n) is 3.81. The fourth-order valence-electron chi connectivity index (χ4n) is 0.344. The summed E-state index contributed by atoms with van der Waals surface area (Å²) in [5.74, 6) is -2.51. The Kier molecular flexibility index (Phi) is 8.08. The molecular weight excluding hydrogens is 204 g/mol. The van der Waals surface area contributed by atoms with Crippen molar-refractivity contribution in [3.63, 3.8) is 0 Å². The van der Waals surface area contributed by atoms with Gasteiger partial charge in [0.1, 0.15) is 0 Å². The molecule has 0 fully saturated rings. The number of allylic oxidation sites excluding steroid dienone is 1. The van der Waals surface area contributed by atoms with Crippen molar-refractivity contribution >= 4 is 5.97 Å². The number of rotatable bonds is 3. The van der Waals surface area contributed by atoms with Gasteiger partial charge in [-0.3, -0.25) is 0 Å². The lowest BCUT2D eigenvalue weighted by Gasteiger charge is -2.05. The molecule has 1 unspecified atom stereocenters. The van der Waals surface area contributed by atoms with E-state index in [1.54, 1.807) is 0 Å². The van der Waals surface area contributed by atoms with Gasteiger partial charge in [-0.2, -0.15) is 13.2 Å². The smallest absolute Gasteiger partial charge is 0.430 e. The highest BCUT2D eigenvalue weighted by Gasteiger charge is 2.45. The third kappa shape index (κ3) is 9.02. The molecule has 0 aromatic rings. The second kappa shape index (κ2) is 7.34. The van der Waals surface area contributed by atoms with Crippen LogP contribution < -0.4 is 0 Å². The van der Waals surface area contributed by atoms with E-state index in [0.717, 1.165) is 6.42 Å². The minimum Gasteiger partial charge on any atom is -0.479 e. The molecule has 6 heteroatoms. The minimum atomic E-state index is -5.29. The van der Waals surface area contributed by atoms with Crippen LogP contribution in [0.3, 0.4) is 0 Å². The average molecular weight is 216 g/mol. The van der Waals surface area contributed by atoms with Gasteiger partial charge in [0.2, 0.25) is 0 Å². The molecule has 0 spiro atoms. The second-order valence-corrected chi connectivity index (χ2v) is 2.32. The third-order valence-electron chi connectivity index (χ3n) is 0.997. The molecular formula is C8H12F4O2. The zero-order valence-electron chi connectivity index (χ0n) is 7.64. The first kappa shape index (κ1) is 15.4. The van der Waals surface area contributed by atoms with Crippen molar-refractivity contribution in [2.45, 2.75) is 32.1 Å². The molecule has 0 bridgehead atoms. The van der Waals surface area contributed by atoms with Crippen LogP contribution in [0.4, 0.5) is 17.6 Å². The quantitative estimate of drug-likeness (QED) is 0.581. The van der Waals surface area contributed by atoms with Crippen molar-refractivity contribution in [2.75, 3.05) is 0 Å². The van der Waals surface area contributed by atoms with E-state index >= 15 is 0 Å². The Labute approximate surface area is 79.2 Å². The molecule has 0 aromatic heterocycles. The topological polar surface area (TPSA) is 37.3 Å². The summed E-state index contributed by atoms with van der Waals surface area (Å²) < 4.78 is 44.1. The summed E-state index contributed by atoms with van der Waals surface area (Å²) >= 11 is 0. The van der Waals surface area contributed by atoms with Crippen molar-refractivity contribution in [3.8, 4) is 0 Å². The van der Waals surface area contributed by atoms with Crippen LogP contribution in [0.1, 0.15) is 19.8 Å². The summed E-state index contributed by atoms with van der Waals surface area (Å²) in [6.07, 6.45) is -4.74. The standard InChI is InChI=1S/C5H10.C3H2F4O2/c1-3-5-4-2;4-1(2(8)9)3(5,6)7/h3H,1,4-5H2,2H3;1H,(H,8,9). The van der Waals surface area contributed by atoms with Crippen LogP contribution in [0, 0.1) is 0 Å². The Morgan fingerprint density at radius 3 is 2.00 bits per heavy atom. The summed E-state index contributed by atoms with van der Waals surface area (Å²) in [4.78, 5) is 9.25. The Bertz CT molecular complexity index is 177. The number of carboxylic acid groups (broad SMARTS) is 1. The largest absolute Gasteiger partial charge is 0.479 e. The van der Waals surface area contributed by atoms with Gasteiger partial charge in [-0.25, -0.2) is 9.18 Å². The number of alkyl halides is 4. The number of hydrogen-bond acceptors (Lipinski definition) is 1. The van der Waals surface area contributed by atoms with Crippen LogP contribution in [0.5, 0.6) is 0 Å². The van der Waals surface area contributed by atoms with Crippen molar-refractivity contribution in [2.24, 2.45) is 0 Å². The average Bonchev–Trinajstić information content (AvgIpc) is 2.04. The molecule has 0 aromatic carbocycles. The molecule has 14 heavy (non-hydrogen) atoms.